The van der Waals surface area contributed by atoms with Gasteiger partial charge < -0.3 is 13.6 Å². The van der Waals surface area contributed by atoms with Gasteiger partial charge in [0, 0.05) is 11.8 Å². The van der Waals surface area contributed by atoms with Crippen LogP contribution in [0.25, 0.3) is 0 Å². The number of hydrogen-bond donors (Lipinski definition) is 1. The molecular formula is C21H42N2O5Si2. The lowest BCUT2D eigenvalue weighted by Gasteiger charge is -2.39. The van der Waals surface area contributed by atoms with Gasteiger partial charge in [-0.1, -0.05) is 41.5 Å². The van der Waals surface area contributed by atoms with Gasteiger partial charge in [0.2, 0.25) is 0 Å². The van der Waals surface area contributed by atoms with Gasteiger partial charge in [-0.25, -0.2) is 4.79 Å². The summed E-state index contributed by atoms with van der Waals surface area (Å²) in [5.74, 6) is 0. The highest BCUT2D eigenvalue weighted by molar-refractivity contribution is 6.74. The molecule has 0 bridgehead atoms. The van der Waals surface area contributed by atoms with E-state index in [2.05, 4.69) is 72.7 Å². The molecule has 0 spiro atoms. The minimum absolute atomic E-state index is 0.0306. The number of rotatable bonds is 9. The maximum atomic E-state index is 12.1. The van der Waals surface area contributed by atoms with Crippen molar-refractivity contribution < 1.29 is 13.6 Å². The van der Waals surface area contributed by atoms with Gasteiger partial charge in [0.1, 0.15) is 12.8 Å². The highest BCUT2D eigenvalue weighted by atomic mass is 28.4. The molecule has 0 radical (unpaired) electrons. The van der Waals surface area contributed by atoms with Crippen LogP contribution in [-0.4, -0.2) is 45.5 Å². The number of hydrogen-bond acceptors (Lipinski definition) is 5. The first-order valence-electron chi connectivity index (χ1n) is 10.6. The lowest BCUT2D eigenvalue weighted by molar-refractivity contribution is -0.0460. The Morgan fingerprint density at radius 3 is 1.77 bits per heavy atom. The molecule has 1 rings (SSSR count). The molecule has 0 unspecified atom stereocenters. The Bertz CT molecular complexity index is 786. The number of nitrogens with zero attached hydrogens (tertiary/aromatic N) is 1. The molecule has 30 heavy (non-hydrogen) atoms. The van der Waals surface area contributed by atoms with Crippen LogP contribution in [0.5, 0.6) is 0 Å². The molecule has 1 heterocycles. The Morgan fingerprint density at radius 2 is 1.37 bits per heavy atom. The first kappa shape index (κ1) is 27.0. The molecule has 0 aliphatic carbocycles. The van der Waals surface area contributed by atoms with Gasteiger partial charge in [-0.2, -0.15) is 0 Å². The molecule has 1 N–H and O–H groups in total. The summed E-state index contributed by atoms with van der Waals surface area (Å²) < 4.78 is 20.2. The maximum Gasteiger partial charge on any atom is 0.330 e. The van der Waals surface area contributed by atoms with Crippen LogP contribution in [0, 0.1) is 6.92 Å². The second kappa shape index (κ2) is 9.64. The molecule has 1 aromatic rings. The predicted octanol–water partition coefficient (Wildman–Crippen LogP) is 4.23. The molecule has 9 heteroatoms. The molecule has 0 aromatic carbocycles. The average molecular weight is 459 g/mol. The number of aromatic nitrogens is 2. The van der Waals surface area contributed by atoms with E-state index in [1.54, 1.807) is 6.92 Å². The Kier molecular flexibility index (Phi) is 8.69. The van der Waals surface area contributed by atoms with Gasteiger partial charge in [0.05, 0.1) is 13.2 Å². The quantitative estimate of drug-likeness (QED) is 0.560. The fraction of sp³-hybridized carbons (Fsp3) is 0.810. The standard InChI is InChI=1S/C21H42N2O5Si2/c1-16-12-23(19(25)22-18(16)24)15-26-17(13-27-29(8,9)20(2,3)4)14-28-30(10,11)21(5,6)7/h12,17H,13-15H2,1-11H3,(H,22,24,25). The van der Waals surface area contributed by atoms with E-state index in [1.165, 1.54) is 10.8 Å². The molecular weight excluding hydrogens is 416 g/mol. The van der Waals surface area contributed by atoms with E-state index >= 15 is 0 Å². The summed E-state index contributed by atoms with van der Waals surface area (Å²) in [6.45, 7) is 24.5. The monoisotopic (exact) mass is 458 g/mol. The minimum atomic E-state index is -1.96. The van der Waals surface area contributed by atoms with Crippen LogP contribution in [0.4, 0.5) is 0 Å². The SMILES string of the molecule is Cc1cn(COC(CO[Si](C)(C)C(C)(C)C)CO[Si](C)(C)C(C)(C)C)c(=O)[nH]c1=O. The van der Waals surface area contributed by atoms with Gasteiger partial charge in [-0.05, 0) is 43.2 Å². The Hall–Kier alpha value is -1.01. The maximum absolute atomic E-state index is 12.1. The molecule has 0 atom stereocenters. The molecule has 1 aromatic heterocycles. The average Bonchev–Trinajstić information content (AvgIpc) is 2.56. The Balaban J connectivity index is 2.96. The number of aryl methyl sites for hydroxylation is 1. The lowest BCUT2D eigenvalue weighted by Crippen LogP contribution is -2.46. The van der Waals surface area contributed by atoms with Gasteiger partial charge in [-0.3, -0.25) is 14.3 Å². The van der Waals surface area contributed by atoms with Crippen molar-refractivity contribution >= 4 is 16.6 Å². The first-order valence-corrected chi connectivity index (χ1v) is 16.4. The summed E-state index contributed by atoms with van der Waals surface area (Å²) in [6.07, 6.45) is 1.20. The predicted molar refractivity (Wildman–Crippen MR) is 127 cm³/mol. The molecule has 0 aliphatic rings. The van der Waals surface area contributed by atoms with Crippen molar-refractivity contribution in [2.24, 2.45) is 0 Å². The van der Waals surface area contributed by atoms with Crippen molar-refractivity contribution in [3.05, 3.63) is 32.6 Å². The molecule has 7 nitrogen and oxygen atoms in total. The van der Waals surface area contributed by atoms with Gasteiger partial charge >= 0.3 is 5.69 Å². The Labute approximate surface area is 183 Å². The molecule has 0 aliphatic heterocycles. The minimum Gasteiger partial charge on any atom is -0.414 e. The van der Waals surface area contributed by atoms with E-state index in [9.17, 15) is 9.59 Å². The van der Waals surface area contributed by atoms with E-state index < -0.39 is 22.3 Å². The van der Waals surface area contributed by atoms with Crippen molar-refractivity contribution in [3.63, 3.8) is 0 Å². The van der Waals surface area contributed by atoms with Crippen LogP contribution in [0.2, 0.25) is 36.3 Å². The highest BCUT2D eigenvalue weighted by Gasteiger charge is 2.39. The molecule has 0 fully saturated rings. The summed E-state index contributed by atoms with van der Waals surface area (Å²) >= 11 is 0. The number of ether oxygens (including phenoxy) is 1. The normalized spacial score (nSPS) is 13.9. The third kappa shape index (κ3) is 7.30. The fourth-order valence-corrected chi connectivity index (χ4v) is 4.15. The summed E-state index contributed by atoms with van der Waals surface area (Å²) in [6, 6.07) is 0. The summed E-state index contributed by atoms with van der Waals surface area (Å²) in [7, 11) is -3.91. The zero-order chi connectivity index (χ0) is 23.5. The largest absolute Gasteiger partial charge is 0.414 e. The zero-order valence-corrected chi connectivity index (χ0v) is 22.8. The van der Waals surface area contributed by atoms with Crippen LogP contribution in [0.3, 0.4) is 0 Å². The topological polar surface area (TPSA) is 82.6 Å². The van der Waals surface area contributed by atoms with Crippen molar-refractivity contribution in [1.82, 2.24) is 9.55 Å². The Morgan fingerprint density at radius 1 is 0.933 bits per heavy atom. The van der Waals surface area contributed by atoms with Crippen molar-refractivity contribution in [2.75, 3.05) is 13.2 Å². The number of H-pyrrole nitrogens is 1. The van der Waals surface area contributed by atoms with Crippen LogP contribution in [-0.2, 0) is 20.3 Å². The summed E-state index contributed by atoms with van der Waals surface area (Å²) in [5, 5.41) is 0.176. The lowest BCUT2D eigenvalue weighted by atomic mass is 10.2. The van der Waals surface area contributed by atoms with E-state index in [-0.39, 0.29) is 28.5 Å². The molecule has 0 saturated carbocycles. The van der Waals surface area contributed by atoms with Crippen LogP contribution < -0.4 is 11.2 Å². The van der Waals surface area contributed by atoms with Crippen molar-refractivity contribution in [2.45, 2.75) is 97.6 Å². The van der Waals surface area contributed by atoms with Crippen molar-refractivity contribution in [3.8, 4) is 0 Å². The van der Waals surface area contributed by atoms with Gasteiger partial charge in [-0.15, -0.1) is 0 Å². The molecule has 0 amide bonds. The van der Waals surface area contributed by atoms with Crippen LogP contribution in [0.15, 0.2) is 15.8 Å². The zero-order valence-electron chi connectivity index (χ0n) is 20.8. The highest BCUT2D eigenvalue weighted by Crippen LogP contribution is 2.38. The third-order valence-electron chi connectivity index (χ3n) is 6.51. The summed E-state index contributed by atoms with van der Waals surface area (Å²) in [4.78, 5) is 26.0. The first-order chi connectivity index (χ1) is 13.4. The van der Waals surface area contributed by atoms with E-state index in [0.717, 1.165) is 0 Å². The van der Waals surface area contributed by atoms with Crippen LogP contribution in [0.1, 0.15) is 47.1 Å². The number of aromatic amines is 1. The fourth-order valence-electron chi connectivity index (χ4n) is 2.08. The summed E-state index contributed by atoms with van der Waals surface area (Å²) in [5.41, 5.74) is -0.403. The number of nitrogens with one attached hydrogen (secondary N) is 1. The molecule has 174 valence electrons. The van der Waals surface area contributed by atoms with E-state index in [0.29, 0.717) is 18.8 Å². The molecule has 0 saturated heterocycles. The smallest absolute Gasteiger partial charge is 0.330 e. The van der Waals surface area contributed by atoms with Gasteiger partial charge in [0.15, 0.2) is 16.6 Å². The van der Waals surface area contributed by atoms with Crippen molar-refractivity contribution in [1.29, 1.82) is 0 Å². The second-order valence-corrected chi connectivity index (χ2v) is 20.7. The van der Waals surface area contributed by atoms with Gasteiger partial charge in [0.25, 0.3) is 5.56 Å². The van der Waals surface area contributed by atoms with E-state index in [4.69, 9.17) is 13.6 Å². The van der Waals surface area contributed by atoms with E-state index in [1.807, 2.05) is 0 Å². The second-order valence-electron chi connectivity index (χ2n) is 11.1. The van der Waals surface area contributed by atoms with Crippen LogP contribution >= 0.6 is 0 Å². The third-order valence-corrected chi connectivity index (χ3v) is 15.5.